The van der Waals surface area contributed by atoms with Gasteiger partial charge in [0.25, 0.3) is 10.2 Å². The normalized spacial score (nSPS) is 15.7. The summed E-state index contributed by atoms with van der Waals surface area (Å²) in [6.45, 7) is 1.79. The van der Waals surface area contributed by atoms with Crippen LogP contribution in [0.2, 0.25) is 0 Å². The van der Waals surface area contributed by atoms with Crippen LogP contribution in [0.4, 0.5) is 0 Å². The van der Waals surface area contributed by atoms with Crippen LogP contribution in [-0.4, -0.2) is 60.6 Å². The number of aromatic amines is 1. The number of aromatic nitrogens is 3. The highest BCUT2D eigenvalue weighted by Crippen LogP contribution is 2.18. The number of hydrogen-bond acceptors (Lipinski definition) is 5. The highest BCUT2D eigenvalue weighted by molar-refractivity contribution is 7.87. The van der Waals surface area contributed by atoms with Crippen LogP contribution in [0, 0.1) is 0 Å². The van der Waals surface area contributed by atoms with Gasteiger partial charge in [-0.25, -0.2) is 9.71 Å². The summed E-state index contributed by atoms with van der Waals surface area (Å²) >= 11 is 0. The Morgan fingerprint density at radius 3 is 2.86 bits per heavy atom. The van der Waals surface area contributed by atoms with Gasteiger partial charge in [-0.2, -0.15) is 17.8 Å². The van der Waals surface area contributed by atoms with Crippen molar-refractivity contribution in [1.29, 1.82) is 0 Å². The quantitative estimate of drug-likeness (QED) is 0.484. The van der Waals surface area contributed by atoms with E-state index in [2.05, 4.69) is 25.2 Å². The van der Waals surface area contributed by atoms with Gasteiger partial charge in [0.05, 0.1) is 0 Å². The first-order valence-corrected chi connectivity index (χ1v) is 8.80. The Morgan fingerprint density at radius 1 is 1.38 bits per heavy atom. The number of nitrogens with zero attached hydrogens (tertiary/aromatic N) is 3. The molecule has 0 bridgehead atoms. The van der Waals surface area contributed by atoms with Gasteiger partial charge in [-0.15, -0.1) is 0 Å². The monoisotopic (exact) mass is 316 g/mol. The number of aryl methyl sites for hydroxylation is 1. The van der Waals surface area contributed by atoms with Crippen molar-refractivity contribution >= 4 is 10.2 Å². The topological polar surface area (TPSA) is 103 Å². The average molecular weight is 316 g/mol. The van der Waals surface area contributed by atoms with E-state index in [1.165, 1.54) is 23.5 Å². The molecule has 1 fully saturated rings. The van der Waals surface area contributed by atoms with E-state index < -0.39 is 10.2 Å². The van der Waals surface area contributed by atoms with E-state index >= 15 is 0 Å². The van der Waals surface area contributed by atoms with Crippen LogP contribution >= 0.6 is 0 Å². The molecule has 2 rings (SSSR count). The molecule has 1 aliphatic rings. The summed E-state index contributed by atoms with van der Waals surface area (Å²) in [5.74, 6) is 0.772. The minimum absolute atomic E-state index is 0.397. The lowest BCUT2D eigenvalue weighted by molar-refractivity contribution is 0.443. The van der Waals surface area contributed by atoms with Gasteiger partial charge in [0.15, 0.2) is 0 Å². The zero-order chi connectivity index (χ0) is 15.1. The van der Waals surface area contributed by atoms with Crippen molar-refractivity contribution in [1.82, 2.24) is 29.5 Å². The lowest BCUT2D eigenvalue weighted by Gasteiger charge is -2.17. The minimum atomic E-state index is -3.38. The Kier molecular flexibility index (Phi) is 6.09. The predicted molar refractivity (Wildman–Crippen MR) is 79.9 cm³/mol. The zero-order valence-corrected chi connectivity index (χ0v) is 13.2. The molecule has 0 spiro atoms. The molecule has 0 radical (unpaired) electrons. The van der Waals surface area contributed by atoms with Gasteiger partial charge in [0.2, 0.25) is 0 Å². The van der Waals surface area contributed by atoms with Crippen molar-refractivity contribution in [2.75, 3.05) is 26.7 Å². The summed E-state index contributed by atoms with van der Waals surface area (Å²) in [5, 5.41) is 9.87. The molecule has 1 heterocycles. The summed E-state index contributed by atoms with van der Waals surface area (Å²) in [7, 11) is -1.77. The van der Waals surface area contributed by atoms with E-state index in [0.717, 1.165) is 18.8 Å². The highest BCUT2D eigenvalue weighted by Gasteiger charge is 2.20. The van der Waals surface area contributed by atoms with Crippen molar-refractivity contribution in [2.45, 2.75) is 38.1 Å². The van der Waals surface area contributed by atoms with Gasteiger partial charge in [0, 0.05) is 32.6 Å². The second-order valence-electron chi connectivity index (χ2n) is 5.34. The molecule has 0 aromatic carbocycles. The number of hydrogen-bond donors (Lipinski definition) is 3. The van der Waals surface area contributed by atoms with Crippen LogP contribution in [0.3, 0.4) is 0 Å². The summed E-state index contributed by atoms with van der Waals surface area (Å²) in [5.41, 5.74) is 0. The Morgan fingerprint density at radius 2 is 2.19 bits per heavy atom. The molecule has 0 saturated heterocycles. The maximum absolute atomic E-state index is 12.0. The van der Waals surface area contributed by atoms with E-state index in [4.69, 9.17) is 0 Å². The first-order chi connectivity index (χ1) is 10.1. The average Bonchev–Trinajstić information content (AvgIpc) is 3.13. The Hall–Kier alpha value is -1.03. The van der Waals surface area contributed by atoms with E-state index in [0.29, 0.717) is 32.0 Å². The van der Waals surface area contributed by atoms with Gasteiger partial charge in [-0.1, -0.05) is 0 Å². The first kappa shape index (κ1) is 16.3. The Labute approximate surface area is 125 Å². The fraction of sp³-hybridized carbons (Fsp3) is 0.833. The van der Waals surface area contributed by atoms with Crippen LogP contribution in [0.15, 0.2) is 6.33 Å². The summed E-state index contributed by atoms with van der Waals surface area (Å²) in [6, 6.07) is 0.668. The molecule has 120 valence electrons. The van der Waals surface area contributed by atoms with Crippen molar-refractivity contribution in [3.8, 4) is 0 Å². The van der Waals surface area contributed by atoms with Crippen molar-refractivity contribution in [2.24, 2.45) is 0 Å². The highest BCUT2D eigenvalue weighted by atomic mass is 32.2. The molecule has 0 atom stereocenters. The SMILES string of the molecule is CN(CCCNC1CC1)S(=O)(=O)NCCCc1ncn[nH]1. The van der Waals surface area contributed by atoms with Crippen LogP contribution in [0.5, 0.6) is 0 Å². The molecule has 9 heteroatoms. The molecule has 1 aromatic rings. The second kappa shape index (κ2) is 7.83. The molecule has 0 aliphatic heterocycles. The molecular weight excluding hydrogens is 292 g/mol. The predicted octanol–water partition coefficient (Wildman–Crippen LogP) is -0.354. The van der Waals surface area contributed by atoms with E-state index in [1.807, 2.05) is 0 Å². The van der Waals surface area contributed by atoms with Gasteiger partial charge < -0.3 is 5.32 Å². The maximum Gasteiger partial charge on any atom is 0.279 e. The summed E-state index contributed by atoms with van der Waals surface area (Å²) in [4.78, 5) is 3.99. The zero-order valence-electron chi connectivity index (χ0n) is 12.4. The molecule has 8 nitrogen and oxygen atoms in total. The van der Waals surface area contributed by atoms with Crippen molar-refractivity contribution < 1.29 is 8.42 Å². The minimum Gasteiger partial charge on any atom is -0.314 e. The summed E-state index contributed by atoms with van der Waals surface area (Å²) < 4.78 is 28.0. The number of H-pyrrole nitrogens is 1. The maximum atomic E-state index is 12.0. The van der Waals surface area contributed by atoms with E-state index in [-0.39, 0.29) is 0 Å². The lowest BCUT2D eigenvalue weighted by atomic mass is 10.3. The third kappa shape index (κ3) is 6.08. The van der Waals surface area contributed by atoms with Crippen molar-refractivity contribution in [3.05, 3.63) is 12.2 Å². The van der Waals surface area contributed by atoms with Crippen LogP contribution in [-0.2, 0) is 16.6 Å². The van der Waals surface area contributed by atoms with E-state index in [1.54, 1.807) is 7.05 Å². The van der Waals surface area contributed by atoms with E-state index in [9.17, 15) is 8.42 Å². The number of nitrogens with one attached hydrogen (secondary N) is 3. The molecule has 0 unspecified atom stereocenters. The molecule has 3 N–H and O–H groups in total. The standard InChI is InChI=1S/C12H24N6O2S/c1-18(9-3-7-13-11-5-6-11)21(19,20)16-8-2-4-12-14-10-15-17-12/h10-11,13,16H,2-9H2,1H3,(H,14,15,17). The van der Waals surface area contributed by atoms with Crippen LogP contribution in [0.1, 0.15) is 31.5 Å². The van der Waals surface area contributed by atoms with Gasteiger partial charge in [0.1, 0.15) is 12.2 Å². The lowest BCUT2D eigenvalue weighted by Crippen LogP contribution is -2.40. The Balaban J connectivity index is 1.57. The summed E-state index contributed by atoms with van der Waals surface area (Å²) in [6.07, 6.45) is 6.14. The van der Waals surface area contributed by atoms with Crippen molar-refractivity contribution in [3.63, 3.8) is 0 Å². The fourth-order valence-corrected chi connectivity index (χ4v) is 2.93. The molecule has 1 saturated carbocycles. The number of rotatable bonds is 11. The molecule has 21 heavy (non-hydrogen) atoms. The first-order valence-electron chi connectivity index (χ1n) is 7.36. The van der Waals surface area contributed by atoms with Crippen LogP contribution in [0.25, 0.3) is 0 Å². The smallest absolute Gasteiger partial charge is 0.279 e. The van der Waals surface area contributed by atoms with Gasteiger partial charge in [-0.3, -0.25) is 5.10 Å². The molecule has 1 aromatic heterocycles. The Bertz CT molecular complexity index is 500. The largest absolute Gasteiger partial charge is 0.314 e. The van der Waals surface area contributed by atoms with Crippen LogP contribution < -0.4 is 10.0 Å². The third-order valence-corrected chi connectivity index (χ3v) is 4.98. The van der Waals surface area contributed by atoms with Gasteiger partial charge in [-0.05, 0) is 32.2 Å². The fourth-order valence-electron chi connectivity index (χ4n) is 1.93. The third-order valence-electron chi connectivity index (χ3n) is 3.41. The molecule has 1 aliphatic carbocycles. The molecule has 0 amide bonds. The molecular formula is C12H24N6O2S. The van der Waals surface area contributed by atoms with Gasteiger partial charge >= 0.3 is 0 Å². The second-order valence-corrected chi connectivity index (χ2v) is 7.20.